The van der Waals surface area contributed by atoms with Gasteiger partial charge in [-0.2, -0.15) is 0 Å². The van der Waals surface area contributed by atoms with Gasteiger partial charge in [0.2, 0.25) is 0 Å². The second-order valence-electron chi connectivity index (χ2n) is 6.00. The van der Waals surface area contributed by atoms with Crippen LogP contribution in [0.4, 0.5) is 4.79 Å². The van der Waals surface area contributed by atoms with Crippen molar-refractivity contribution < 1.29 is 9.53 Å². The van der Waals surface area contributed by atoms with E-state index in [1.807, 2.05) is 20.8 Å². The van der Waals surface area contributed by atoms with E-state index in [-0.39, 0.29) is 6.09 Å². The highest BCUT2D eigenvalue weighted by atomic mass is 16.6. The van der Waals surface area contributed by atoms with Crippen molar-refractivity contribution >= 4 is 6.09 Å². The lowest BCUT2D eigenvalue weighted by Crippen LogP contribution is -2.42. The Kier molecular flexibility index (Phi) is 9.66. The maximum atomic E-state index is 11.5. The lowest BCUT2D eigenvalue weighted by molar-refractivity contribution is 0.0522. The number of amides is 1. The summed E-state index contributed by atoms with van der Waals surface area (Å²) in [6.07, 6.45) is 5.71. The number of hydrogen-bond donors (Lipinski definition) is 2. The van der Waals surface area contributed by atoms with Crippen molar-refractivity contribution in [2.24, 2.45) is 0 Å². The highest BCUT2D eigenvalue weighted by Crippen LogP contribution is 2.06. The van der Waals surface area contributed by atoms with Crippen LogP contribution in [-0.4, -0.2) is 30.8 Å². The molecule has 0 aliphatic heterocycles. The quantitative estimate of drug-likeness (QED) is 0.632. The van der Waals surface area contributed by atoms with Gasteiger partial charge >= 0.3 is 6.09 Å². The number of carbonyl (C=O) groups excluding carboxylic acids is 1. The fourth-order valence-corrected chi connectivity index (χ4v) is 1.74. The first-order valence-corrected chi connectivity index (χ1v) is 7.59. The van der Waals surface area contributed by atoms with Gasteiger partial charge in [0.25, 0.3) is 0 Å². The molecular weight excluding hydrogens is 240 g/mol. The lowest BCUT2D eigenvalue weighted by atomic mass is 10.2. The van der Waals surface area contributed by atoms with Crippen LogP contribution < -0.4 is 10.6 Å². The fraction of sp³-hybridized carbons (Fsp3) is 0.933. The summed E-state index contributed by atoms with van der Waals surface area (Å²) in [5.41, 5.74) is -0.431. The second-order valence-corrected chi connectivity index (χ2v) is 6.00. The summed E-state index contributed by atoms with van der Waals surface area (Å²) in [7, 11) is 0. The predicted octanol–water partition coefficient (Wildman–Crippen LogP) is 3.46. The van der Waals surface area contributed by atoms with Gasteiger partial charge in [-0.25, -0.2) is 4.79 Å². The van der Waals surface area contributed by atoms with Crippen molar-refractivity contribution in [1.29, 1.82) is 0 Å². The lowest BCUT2D eigenvalue weighted by Gasteiger charge is -2.22. The molecule has 114 valence electrons. The van der Waals surface area contributed by atoms with Crippen molar-refractivity contribution in [2.75, 3.05) is 13.1 Å². The summed E-state index contributed by atoms with van der Waals surface area (Å²) in [6.45, 7) is 11.6. The van der Waals surface area contributed by atoms with E-state index in [1.54, 1.807) is 0 Å². The molecule has 0 bridgehead atoms. The van der Waals surface area contributed by atoms with Gasteiger partial charge in [0.1, 0.15) is 5.60 Å². The van der Waals surface area contributed by atoms with Gasteiger partial charge in [-0.05, 0) is 40.2 Å². The minimum atomic E-state index is -0.431. The van der Waals surface area contributed by atoms with Crippen LogP contribution in [0, 0.1) is 0 Å². The van der Waals surface area contributed by atoms with E-state index in [2.05, 4.69) is 24.5 Å². The first kappa shape index (κ1) is 18.2. The molecule has 0 aromatic rings. The normalized spacial score (nSPS) is 13.1. The number of carbonyl (C=O) groups is 1. The zero-order valence-corrected chi connectivity index (χ0v) is 13.3. The zero-order chi connectivity index (χ0) is 14.7. The Morgan fingerprint density at radius 2 is 1.84 bits per heavy atom. The number of rotatable bonds is 9. The summed E-state index contributed by atoms with van der Waals surface area (Å²) in [4.78, 5) is 11.5. The monoisotopic (exact) mass is 272 g/mol. The van der Waals surface area contributed by atoms with Gasteiger partial charge in [0, 0.05) is 12.6 Å². The average Bonchev–Trinajstić information content (AvgIpc) is 2.30. The van der Waals surface area contributed by atoms with Crippen LogP contribution in [0.3, 0.4) is 0 Å². The number of ether oxygens (including phenoxy) is 1. The first-order valence-electron chi connectivity index (χ1n) is 7.59. The molecule has 19 heavy (non-hydrogen) atoms. The Hall–Kier alpha value is -0.770. The van der Waals surface area contributed by atoms with Crippen molar-refractivity contribution in [3.63, 3.8) is 0 Å². The molecule has 0 aliphatic carbocycles. The predicted molar refractivity (Wildman–Crippen MR) is 80.5 cm³/mol. The average molecular weight is 272 g/mol. The number of hydrogen-bond acceptors (Lipinski definition) is 3. The summed E-state index contributed by atoms with van der Waals surface area (Å²) >= 11 is 0. The summed E-state index contributed by atoms with van der Waals surface area (Å²) < 4.78 is 5.21. The first-order chi connectivity index (χ1) is 8.89. The Bertz CT molecular complexity index is 237. The largest absolute Gasteiger partial charge is 0.444 e. The van der Waals surface area contributed by atoms with Gasteiger partial charge in [0.15, 0.2) is 0 Å². The molecule has 1 amide bonds. The van der Waals surface area contributed by atoms with Crippen LogP contribution in [0.1, 0.15) is 66.7 Å². The van der Waals surface area contributed by atoms with E-state index in [0.717, 1.165) is 13.0 Å². The molecule has 4 nitrogen and oxygen atoms in total. The van der Waals surface area contributed by atoms with E-state index >= 15 is 0 Å². The van der Waals surface area contributed by atoms with Crippen LogP contribution in [0.2, 0.25) is 0 Å². The molecule has 1 unspecified atom stereocenters. The van der Waals surface area contributed by atoms with E-state index < -0.39 is 5.60 Å². The fourth-order valence-electron chi connectivity index (χ4n) is 1.74. The summed E-state index contributed by atoms with van der Waals surface area (Å²) in [5.74, 6) is 0. The smallest absolute Gasteiger partial charge is 0.407 e. The molecule has 0 radical (unpaired) electrons. The van der Waals surface area contributed by atoms with Crippen LogP contribution in [-0.2, 0) is 4.74 Å². The second kappa shape index (κ2) is 10.1. The molecule has 0 aromatic heterocycles. The van der Waals surface area contributed by atoms with Gasteiger partial charge in [-0.1, -0.05) is 33.1 Å². The standard InChI is InChI=1S/C15H32N2O2/c1-6-8-9-10-11-16-13(7-2)12-17-14(18)19-15(3,4)5/h13,16H,6-12H2,1-5H3,(H,17,18). The molecule has 4 heteroatoms. The van der Waals surface area contributed by atoms with Gasteiger partial charge in [-0.3, -0.25) is 0 Å². The van der Waals surface area contributed by atoms with E-state index in [0.29, 0.717) is 12.6 Å². The van der Waals surface area contributed by atoms with Crippen molar-refractivity contribution in [3.05, 3.63) is 0 Å². The van der Waals surface area contributed by atoms with Crippen LogP contribution in [0.5, 0.6) is 0 Å². The van der Waals surface area contributed by atoms with E-state index in [9.17, 15) is 4.79 Å². The Balaban J connectivity index is 3.72. The Labute approximate surface area is 118 Å². The SMILES string of the molecule is CCCCCCNC(CC)CNC(=O)OC(C)(C)C. The van der Waals surface area contributed by atoms with Crippen LogP contribution >= 0.6 is 0 Å². The van der Waals surface area contributed by atoms with Crippen LogP contribution in [0.15, 0.2) is 0 Å². The third-order valence-corrected chi connectivity index (χ3v) is 2.85. The van der Waals surface area contributed by atoms with E-state index in [1.165, 1.54) is 25.7 Å². The number of alkyl carbamates (subject to hydrolysis) is 1. The topological polar surface area (TPSA) is 50.4 Å². The molecule has 0 spiro atoms. The maximum absolute atomic E-state index is 11.5. The molecule has 0 rings (SSSR count). The van der Waals surface area contributed by atoms with Crippen LogP contribution in [0.25, 0.3) is 0 Å². The van der Waals surface area contributed by atoms with Crippen molar-refractivity contribution in [2.45, 2.75) is 78.4 Å². The zero-order valence-electron chi connectivity index (χ0n) is 13.3. The van der Waals surface area contributed by atoms with Crippen molar-refractivity contribution in [1.82, 2.24) is 10.6 Å². The van der Waals surface area contributed by atoms with Gasteiger partial charge in [-0.15, -0.1) is 0 Å². The maximum Gasteiger partial charge on any atom is 0.407 e. The molecule has 0 saturated heterocycles. The molecular formula is C15H32N2O2. The van der Waals surface area contributed by atoms with Gasteiger partial charge < -0.3 is 15.4 Å². The highest BCUT2D eigenvalue weighted by Gasteiger charge is 2.16. The van der Waals surface area contributed by atoms with Gasteiger partial charge in [0.05, 0.1) is 0 Å². The number of unbranched alkanes of at least 4 members (excludes halogenated alkanes) is 3. The third kappa shape index (κ3) is 12.0. The molecule has 0 aromatic carbocycles. The molecule has 2 N–H and O–H groups in total. The molecule has 0 heterocycles. The molecule has 0 saturated carbocycles. The third-order valence-electron chi connectivity index (χ3n) is 2.85. The molecule has 0 fully saturated rings. The molecule has 0 aliphatic rings. The summed E-state index contributed by atoms with van der Waals surface area (Å²) in [5, 5.41) is 6.29. The summed E-state index contributed by atoms with van der Waals surface area (Å²) in [6, 6.07) is 0.328. The Morgan fingerprint density at radius 1 is 1.16 bits per heavy atom. The molecule has 1 atom stereocenters. The van der Waals surface area contributed by atoms with E-state index in [4.69, 9.17) is 4.74 Å². The minimum absolute atomic E-state index is 0.328. The minimum Gasteiger partial charge on any atom is -0.444 e. The van der Waals surface area contributed by atoms with Crippen molar-refractivity contribution in [3.8, 4) is 0 Å². The Morgan fingerprint density at radius 3 is 2.37 bits per heavy atom. The highest BCUT2D eigenvalue weighted by molar-refractivity contribution is 5.67. The number of nitrogens with one attached hydrogen (secondary N) is 2.